The largest absolute Gasteiger partial charge is 0.468 e. The summed E-state index contributed by atoms with van der Waals surface area (Å²) in [6, 6.07) is 6.23. The SMILES string of the molecule is CC[C@@H]1CCc2sc(C(=O)NC[C@@H](c3ccco3)N3CCCCC3)cc2C1. The minimum Gasteiger partial charge on any atom is -0.468 e. The van der Waals surface area contributed by atoms with Gasteiger partial charge >= 0.3 is 0 Å². The number of nitrogens with zero attached hydrogens (tertiary/aromatic N) is 1. The third kappa shape index (κ3) is 4.30. The van der Waals surface area contributed by atoms with Crippen molar-refractivity contribution in [3.8, 4) is 0 Å². The first kappa shape index (κ1) is 18.8. The maximum Gasteiger partial charge on any atom is 0.261 e. The van der Waals surface area contributed by atoms with Gasteiger partial charge in [0.1, 0.15) is 5.76 Å². The Morgan fingerprint density at radius 2 is 2.22 bits per heavy atom. The average Bonchev–Trinajstić information content (AvgIpc) is 3.38. The summed E-state index contributed by atoms with van der Waals surface area (Å²) in [5.74, 6) is 1.80. The van der Waals surface area contributed by atoms with Crippen LogP contribution in [0.4, 0.5) is 0 Å². The predicted octanol–water partition coefficient (Wildman–Crippen LogP) is 4.81. The second-order valence-electron chi connectivity index (χ2n) is 7.91. The number of likely N-dealkylation sites (tertiary alicyclic amines) is 1. The summed E-state index contributed by atoms with van der Waals surface area (Å²) < 4.78 is 5.69. The molecule has 0 spiro atoms. The Morgan fingerprint density at radius 1 is 1.37 bits per heavy atom. The number of thiophene rings is 1. The van der Waals surface area contributed by atoms with Gasteiger partial charge in [-0.25, -0.2) is 0 Å². The molecule has 0 saturated carbocycles. The van der Waals surface area contributed by atoms with Crippen molar-refractivity contribution in [3.63, 3.8) is 0 Å². The molecule has 3 heterocycles. The van der Waals surface area contributed by atoms with E-state index in [0.717, 1.165) is 42.5 Å². The second kappa shape index (κ2) is 8.61. The Balaban J connectivity index is 1.42. The molecule has 0 unspecified atom stereocenters. The van der Waals surface area contributed by atoms with E-state index in [4.69, 9.17) is 4.42 Å². The van der Waals surface area contributed by atoms with Crippen molar-refractivity contribution in [2.75, 3.05) is 19.6 Å². The molecule has 1 N–H and O–H groups in total. The summed E-state index contributed by atoms with van der Waals surface area (Å²) in [5.41, 5.74) is 1.40. The van der Waals surface area contributed by atoms with Crippen LogP contribution in [0.1, 0.15) is 70.9 Å². The van der Waals surface area contributed by atoms with Gasteiger partial charge in [0.05, 0.1) is 17.2 Å². The number of carbonyl (C=O) groups excluding carboxylic acids is 1. The quantitative estimate of drug-likeness (QED) is 0.775. The van der Waals surface area contributed by atoms with Crippen molar-refractivity contribution in [2.45, 2.75) is 57.9 Å². The lowest BCUT2D eigenvalue weighted by atomic mass is 9.87. The van der Waals surface area contributed by atoms with Gasteiger partial charge in [-0.15, -0.1) is 11.3 Å². The first-order valence-electron chi connectivity index (χ1n) is 10.4. The van der Waals surface area contributed by atoms with E-state index in [2.05, 4.69) is 23.2 Å². The number of furan rings is 1. The number of hydrogen-bond donors (Lipinski definition) is 1. The number of amides is 1. The van der Waals surface area contributed by atoms with Crippen molar-refractivity contribution in [1.82, 2.24) is 10.2 Å². The molecule has 1 fully saturated rings. The number of carbonyl (C=O) groups is 1. The summed E-state index contributed by atoms with van der Waals surface area (Å²) in [4.78, 5) is 17.6. The van der Waals surface area contributed by atoms with Gasteiger partial charge < -0.3 is 9.73 Å². The summed E-state index contributed by atoms with van der Waals surface area (Å²) in [7, 11) is 0. The van der Waals surface area contributed by atoms with Crippen molar-refractivity contribution < 1.29 is 9.21 Å². The number of hydrogen-bond acceptors (Lipinski definition) is 4. The maximum absolute atomic E-state index is 12.8. The molecule has 2 atom stereocenters. The summed E-state index contributed by atoms with van der Waals surface area (Å²) in [6.07, 6.45) is 10.2. The molecule has 1 aliphatic carbocycles. The molecule has 1 saturated heterocycles. The molecule has 2 aromatic heterocycles. The minimum absolute atomic E-state index is 0.0658. The van der Waals surface area contributed by atoms with E-state index in [0.29, 0.717) is 6.54 Å². The highest BCUT2D eigenvalue weighted by Gasteiger charge is 2.26. The topological polar surface area (TPSA) is 45.5 Å². The van der Waals surface area contributed by atoms with E-state index in [1.807, 2.05) is 12.1 Å². The molecular weight excluding hydrogens is 356 g/mol. The maximum atomic E-state index is 12.8. The highest BCUT2D eigenvalue weighted by molar-refractivity contribution is 7.14. The van der Waals surface area contributed by atoms with Crippen molar-refractivity contribution in [2.24, 2.45) is 5.92 Å². The molecule has 5 heteroatoms. The summed E-state index contributed by atoms with van der Waals surface area (Å²) in [6.45, 7) is 5.03. The number of fused-ring (bicyclic) bond motifs is 1. The monoisotopic (exact) mass is 386 g/mol. The Hall–Kier alpha value is -1.59. The molecule has 27 heavy (non-hydrogen) atoms. The fourth-order valence-corrected chi connectivity index (χ4v) is 5.58. The van der Waals surface area contributed by atoms with Crippen LogP contribution in [0.2, 0.25) is 0 Å². The molecule has 4 nitrogen and oxygen atoms in total. The van der Waals surface area contributed by atoms with E-state index in [-0.39, 0.29) is 11.9 Å². The molecule has 4 rings (SSSR count). The second-order valence-corrected chi connectivity index (χ2v) is 9.05. The van der Waals surface area contributed by atoms with Gasteiger partial charge in [0.25, 0.3) is 5.91 Å². The van der Waals surface area contributed by atoms with Crippen molar-refractivity contribution >= 4 is 17.2 Å². The number of rotatable bonds is 6. The highest BCUT2D eigenvalue weighted by Crippen LogP contribution is 2.33. The first-order chi connectivity index (χ1) is 13.2. The van der Waals surface area contributed by atoms with Gasteiger partial charge in [0, 0.05) is 11.4 Å². The van der Waals surface area contributed by atoms with Crippen LogP contribution in [-0.2, 0) is 12.8 Å². The third-order valence-corrected chi connectivity index (χ3v) is 7.38. The van der Waals surface area contributed by atoms with E-state index >= 15 is 0 Å². The van der Waals surface area contributed by atoms with Crippen molar-refractivity contribution in [1.29, 1.82) is 0 Å². The Kier molecular flexibility index (Phi) is 5.98. The zero-order valence-electron chi connectivity index (χ0n) is 16.2. The zero-order chi connectivity index (χ0) is 18.6. The lowest BCUT2D eigenvalue weighted by molar-refractivity contribution is 0.0918. The third-order valence-electron chi connectivity index (χ3n) is 6.15. The van der Waals surface area contributed by atoms with Crippen LogP contribution in [0.15, 0.2) is 28.9 Å². The van der Waals surface area contributed by atoms with Gasteiger partial charge in [0.2, 0.25) is 0 Å². The van der Waals surface area contributed by atoms with Crippen LogP contribution in [0, 0.1) is 5.92 Å². The van der Waals surface area contributed by atoms with Gasteiger partial charge in [-0.1, -0.05) is 19.8 Å². The lowest BCUT2D eigenvalue weighted by Gasteiger charge is -2.33. The summed E-state index contributed by atoms with van der Waals surface area (Å²) in [5, 5.41) is 3.19. The van der Waals surface area contributed by atoms with E-state index in [1.165, 1.54) is 42.5 Å². The Bertz CT molecular complexity index is 746. The molecule has 0 radical (unpaired) electrons. The smallest absolute Gasteiger partial charge is 0.261 e. The number of aryl methyl sites for hydroxylation is 1. The molecular formula is C22H30N2O2S. The fourth-order valence-electron chi connectivity index (χ4n) is 4.46. The Morgan fingerprint density at radius 3 is 2.96 bits per heavy atom. The van der Waals surface area contributed by atoms with Gasteiger partial charge in [-0.2, -0.15) is 0 Å². The van der Waals surface area contributed by atoms with Gasteiger partial charge in [-0.3, -0.25) is 9.69 Å². The molecule has 146 valence electrons. The van der Waals surface area contributed by atoms with E-state index in [9.17, 15) is 4.79 Å². The molecule has 1 amide bonds. The van der Waals surface area contributed by atoms with E-state index in [1.54, 1.807) is 17.6 Å². The van der Waals surface area contributed by atoms with Crippen LogP contribution < -0.4 is 5.32 Å². The zero-order valence-corrected chi connectivity index (χ0v) is 17.0. The minimum atomic E-state index is 0.0658. The highest BCUT2D eigenvalue weighted by atomic mass is 32.1. The Labute approximate surface area is 165 Å². The van der Waals surface area contributed by atoms with Gasteiger partial charge in [-0.05, 0) is 74.9 Å². The van der Waals surface area contributed by atoms with Crippen LogP contribution in [0.5, 0.6) is 0 Å². The number of piperidine rings is 1. The van der Waals surface area contributed by atoms with Gasteiger partial charge in [0.15, 0.2) is 0 Å². The number of nitrogens with one attached hydrogen (secondary N) is 1. The fraction of sp³-hybridized carbons (Fsp3) is 0.591. The lowest BCUT2D eigenvalue weighted by Crippen LogP contribution is -2.40. The predicted molar refractivity (Wildman–Crippen MR) is 109 cm³/mol. The molecule has 2 aliphatic rings. The first-order valence-corrected chi connectivity index (χ1v) is 11.2. The van der Waals surface area contributed by atoms with Crippen LogP contribution in [0.25, 0.3) is 0 Å². The molecule has 0 aromatic carbocycles. The molecule has 2 aromatic rings. The summed E-state index contributed by atoms with van der Waals surface area (Å²) >= 11 is 1.69. The molecule has 1 aliphatic heterocycles. The van der Waals surface area contributed by atoms with Crippen molar-refractivity contribution in [3.05, 3.63) is 45.5 Å². The standard InChI is InChI=1S/C22H30N2O2S/c1-2-16-8-9-20-17(13-16)14-21(27-20)22(25)23-15-18(19-7-6-12-26-19)24-10-4-3-5-11-24/h6-7,12,14,16,18H,2-5,8-11,13,15H2,1H3,(H,23,25)/t16-,18+/m1/s1. The molecule has 0 bridgehead atoms. The van der Waals surface area contributed by atoms with Crippen LogP contribution in [-0.4, -0.2) is 30.4 Å². The van der Waals surface area contributed by atoms with Crippen LogP contribution in [0.3, 0.4) is 0 Å². The average molecular weight is 387 g/mol. The normalized spacial score (nSPS) is 21.6. The van der Waals surface area contributed by atoms with Crippen LogP contribution >= 0.6 is 11.3 Å². The van der Waals surface area contributed by atoms with E-state index < -0.39 is 0 Å².